The molecule has 0 bridgehead atoms. The molecule has 2 rings (SSSR count). The molecule has 1 aliphatic rings. The Hall–Kier alpha value is -2.12. The fourth-order valence-corrected chi connectivity index (χ4v) is 2.40. The zero-order valence-electron chi connectivity index (χ0n) is 15.1. The van der Waals surface area contributed by atoms with Gasteiger partial charge in [0, 0.05) is 37.4 Å². The van der Waals surface area contributed by atoms with Gasteiger partial charge in [-0.25, -0.2) is 4.79 Å². The van der Waals surface area contributed by atoms with E-state index in [-0.39, 0.29) is 5.91 Å². The number of amides is 2. The Bertz CT molecular complexity index is 592. The number of ether oxygens (including phenoxy) is 2. The quantitative estimate of drug-likeness (QED) is 0.854. The van der Waals surface area contributed by atoms with Gasteiger partial charge >= 0.3 is 6.09 Å². The monoisotopic (exact) mass is 349 g/mol. The molecule has 1 aromatic rings. The fraction of sp³-hybridized carbons (Fsp3) is 0.556. The highest BCUT2D eigenvalue weighted by atomic mass is 16.6. The summed E-state index contributed by atoms with van der Waals surface area (Å²) in [5.41, 5.74) is 0.649. The minimum absolute atomic E-state index is 0.0547. The second kappa shape index (κ2) is 8.82. The SMILES string of the molecule is CC(C)(C)OC(=O)Nc1cccc(NC(=O)CCN2CCOCC2)c1. The van der Waals surface area contributed by atoms with Crippen molar-refractivity contribution in [3.8, 4) is 0 Å². The number of anilines is 2. The molecular formula is C18H27N3O4. The molecule has 0 spiro atoms. The number of nitrogens with zero attached hydrogens (tertiary/aromatic N) is 1. The van der Waals surface area contributed by atoms with E-state index in [4.69, 9.17) is 9.47 Å². The summed E-state index contributed by atoms with van der Waals surface area (Å²) >= 11 is 0. The van der Waals surface area contributed by atoms with Gasteiger partial charge in [0.2, 0.25) is 5.91 Å². The second-order valence-electron chi connectivity index (χ2n) is 6.96. The number of morpholine rings is 1. The van der Waals surface area contributed by atoms with E-state index in [0.717, 1.165) is 26.3 Å². The molecule has 1 aromatic carbocycles. The summed E-state index contributed by atoms with van der Waals surface area (Å²) in [6.45, 7) is 9.29. The Morgan fingerprint density at radius 3 is 2.44 bits per heavy atom. The first kappa shape index (κ1) is 19.2. The topological polar surface area (TPSA) is 79.9 Å². The molecule has 1 saturated heterocycles. The summed E-state index contributed by atoms with van der Waals surface area (Å²) in [4.78, 5) is 26.1. The molecule has 7 nitrogen and oxygen atoms in total. The van der Waals surface area contributed by atoms with Crippen LogP contribution in [0, 0.1) is 0 Å². The Balaban J connectivity index is 1.81. The number of carbonyl (C=O) groups is 2. The number of carbonyl (C=O) groups excluding carboxylic acids is 2. The van der Waals surface area contributed by atoms with Gasteiger partial charge in [-0.1, -0.05) is 6.07 Å². The van der Waals surface area contributed by atoms with Crippen molar-refractivity contribution in [3.63, 3.8) is 0 Å². The number of hydrogen-bond acceptors (Lipinski definition) is 5. The molecule has 0 aliphatic carbocycles. The smallest absolute Gasteiger partial charge is 0.412 e. The van der Waals surface area contributed by atoms with Gasteiger partial charge in [0.25, 0.3) is 0 Å². The van der Waals surface area contributed by atoms with Gasteiger partial charge in [-0.2, -0.15) is 0 Å². The zero-order valence-corrected chi connectivity index (χ0v) is 15.1. The molecule has 0 atom stereocenters. The molecule has 7 heteroatoms. The lowest BCUT2D eigenvalue weighted by Crippen LogP contribution is -2.38. The third kappa shape index (κ3) is 7.53. The number of rotatable bonds is 5. The summed E-state index contributed by atoms with van der Waals surface area (Å²) in [5, 5.41) is 5.52. The van der Waals surface area contributed by atoms with Crippen LogP contribution in [0.4, 0.5) is 16.2 Å². The predicted octanol–water partition coefficient (Wildman–Crippen LogP) is 2.69. The van der Waals surface area contributed by atoms with E-state index >= 15 is 0 Å². The molecule has 1 heterocycles. The lowest BCUT2D eigenvalue weighted by Gasteiger charge is -2.26. The van der Waals surface area contributed by atoms with E-state index in [1.165, 1.54) is 0 Å². The van der Waals surface area contributed by atoms with Crippen LogP contribution in [0.3, 0.4) is 0 Å². The van der Waals surface area contributed by atoms with Crippen LogP contribution in [0.15, 0.2) is 24.3 Å². The molecule has 25 heavy (non-hydrogen) atoms. The van der Waals surface area contributed by atoms with Crippen LogP contribution in [0.25, 0.3) is 0 Å². The zero-order chi connectivity index (χ0) is 18.3. The lowest BCUT2D eigenvalue weighted by molar-refractivity contribution is -0.116. The van der Waals surface area contributed by atoms with Gasteiger partial charge in [0.1, 0.15) is 5.60 Å². The summed E-state index contributed by atoms with van der Waals surface area (Å²) in [7, 11) is 0. The first-order valence-corrected chi connectivity index (χ1v) is 8.52. The van der Waals surface area contributed by atoms with Gasteiger partial charge < -0.3 is 14.8 Å². The second-order valence-corrected chi connectivity index (χ2v) is 6.96. The number of nitrogens with one attached hydrogen (secondary N) is 2. The van der Waals surface area contributed by atoms with E-state index in [2.05, 4.69) is 15.5 Å². The maximum atomic E-state index is 12.1. The maximum absolute atomic E-state index is 12.1. The van der Waals surface area contributed by atoms with Gasteiger partial charge in [-0.05, 0) is 39.0 Å². The van der Waals surface area contributed by atoms with E-state index in [9.17, 15) is 9.59 Å². The lowest BCUT2D eigenvalue weighted by atomic mass is 10.2. The van der Waals surface area contributed by atoms with Crippen molar-refractivity contribution in [1.29, 1.82) is 0 Å². The van der Waals surface area contributed by atoms with E-state index < -0.39 is 11.7 Å². The van der Waals surface area contributed by atoms with Crippen LogP contribution >= 0.6 is 0 Å². The standard InChI is InChI=1S/C18H27N3O4/c1-18(2,3)25-17(23)20-15-6-4-5-14(13-15)19-16(22)7-8-21-9-11-24-12-10-21/h4-6,13H,7-12H2,1-3H3,(H,19,22)(H,20,23). The van der Waals surface area contributed by atoms with Gasteiger partial charge in [0.15, 0.2) is 0 Å². The minimum atomic E-state index is -0.560. The van der Waals surface area contributed by atoms with E-state index in [1.54, 1.807) is 45.0 Å². The van der Waals surface area contributed by atoms with Crippen LogP contribution in [0.5, 0.6) is 0 Å². The Morgan fingerprint density at radius 2 is 1.80 bits per heavy atom. The molecule has 0 aromatic heterocycles. The molecule has 1 fully saturated rings. The van der Waals surface area contributed by atoms with Crippen molar-refractivity contribution in [1.82, 2.24) is 4.90 Å². The average Bonchev–Trinajstić information content (AvgIpc) is 2.52. The highest BCUT2D eigenvalue weighted by Crippen LogP contribution is 2.17. The number of benzene rings is 1. The van der Waals surface area contributed by atoms with Crippen molar-refractivity contribution < 1.29 is 19.1 Å². The van der Waals surface area contributed by atoms with Crippen molar-refractivity contribution in [3.05, 3.63) is 24.3 Å². The predicted molar refractivity (Wildman–Crippen MR) is 96.8 cm³/mol. The van der Waals surface area contributed by atoms with Crippen molar-refractivity contribution in [2.75, 3.05) is 43.5 Å². The van der Waals surface area contributed by atoms with Crippen LogP contribution < -0.4 is 10.6 Å². The van der Waals surface area contributed by atoms with Crippen molar-refractivity contribution in [2.24, 2.45) is 0 Å². The third-order valence-corrected chi connectivity index (χ3v) is 3.55. The van der Waals surface area contributed by atoms with Crippen LogP contribution in [-0.2, 0) is 14.3 Å². The molecule has 2 amide bonds. The molecule has 1 aliphatic heterocycles. The molecular weight excluding hydrogens is 322 g/mol. The molecule has 0 saturated carbocycles. The summed E-state index contributed by atoms with van der Waals surface area (Å²) in [6.07, 6.45) is -0.104. The van der Waals surface area contributed by atoms with E-state index in [1.807, 2.05) is 0 Å². The van der Waals surface area contributed by atoms with Crippen molar-refractivity contribution in [2.45, 2.75) is 32.8 Å². The van der Waals surface area contributed by atoms with Gasteiger partial charge in [-0.3, -0.25) is 15.0 Å². The normalized spacial score (nSPS) is 15.5. The van der Waals surface area contributed by atoms with E-state index in [0.29, 0.717) is 24.3 Å². The first-order chi connectivity index (χ1) is 11.8. The van der Waals surface area contributed by atoms with Gasteiger partial charge in [0.05, 0.1) is 13.2 Å². The summed E-state index contributed by atoms with van der Waals surface area (Å²) < 4.78 is 10.5. The Morgan fingerprint density at radius 1 is 1.16 bits per heavy atom. The molecule has 0 unspecified atom stereocenters. The minimum Gasteiger partial charge on any atom is -0.444 e. The molecule has 138 valence electrons. The third-order valence-electron chi connectivity index (χ3n) is 3.55. The van der Waals surface area contributed by atoms with Gasteiger partial charge in [-0.15, -0.1) is 0 Å². The summed E-state index contributed by atoms with van der Waals surface area (Å²) in [6, 6.07) is 7.00. The fourth-order valence-electron chi connectivity index (χ4n) is 2.40. The van der Waals surface area contributed by atoms with Crippen LogP contribution in [-0.4, -0.2) is 55.3 Å². The Kier molecular flexibility index (Phi) is 6.78. The first-order valence-electron chi connectivity index (χ1n) is 8.52. The maximum Gasteiger partial charge on any atom is 0.412 e. The highest BCUT2D eigenvalue weighted by molar-refractivity contribution is 5.92. The average molecular weight is 349 g/mol. The van der Waals surface area contributed by atoms with Crippen LogP contribution in [0.2, 0.25) is 0 Å². The molecule has 2 N–H and O–H groups in total. The number of hydrogen-bond donors (Lipinski definition) is 2. The van der Waals surface area contributed by atoms with Crippen LogP contribution in [0.1, 0.15) is 27.2 Å². The Labute approximate surface area is 148 Å². The molecule has 0 radical (unpaired) electrons. The summed E-state index contributed by atoms with van der Waals surface area (Å²) in [5.74, 6) is -0.0547. The largest absolute Gasteiger partial charge is 0.444 e. The van der Waals surface area contributed by atoms with Crippen molar-refractivity contribution >= 4 is 23.4 Å². The highest BCUT2D eigenvalue weighted by Gasteiger charge is 2.16.